The number of halogens is 5. The van der Waals surface area contributed by atoms with Gasteiger partial charge in [-0.05, 0) is 62.4 Å². The van der Waals surface area contributed by atoms with Crippen LogP contribution < -0.4 is 15.4 Å². The average molecular weight is 674 g/mol. The molecule has 0 bridgehead atoms. The van der Waals surface area contributed by atoms with Gasteiger partial charge in [-0.2, -0.15) is 23.1 Å². The molecule has 4 heterocycles. The van der Waals surface area contributed by atoms with E-state index in [-0.39, 0.29) is 69.3 Å². The van der Waals surface area contributed by atoms with Crippen LogP contribution in [-0.2, 0) is 11.0 Å². The molecule has 2 saturated heterocycles. The monoisotopic (exact) mass is 673 g/mol. The molecule has 15 heteroatoms. The molecule has 7 rings (SSSR count). The fourth-order valence-electron chi connectivity index (χ4n) is 7.04. The van der Waals surface area contributed by atoms with E-state index >= 15 is 4.39 Å². The van der Waals surface area contributed by atoms with Crippen molar-refractivity contribution < 1.29 is 31.5 Å². The highest BCUT2D eigenvalue weighted by Gasteiger charge is 2.51. The second kappa shape index (κ2) is 11.3. The van der Waals surface area contributed by atoms with Gasteiger partial charge in [0.1, 0.15) is 23.8 Å². The molecule has 2 aromatic heterocycles. The number of fused-ring (bicyclic) bond motifs is 2. The van der Waals surface area contributed by atoms with Crippen LogP contribution in [0.25, 0.3) is 32.2 Å². The number of nitrogen functional groups attached to an aromatic ring is 1. The van der Waals surface area contributed by atoms with Crippen LogP contribution in [0, 0.1) is 17.0 Å². The summed E-state index contributed by atoms with van der Waals surface area (Å²) >= 11 is 0.758. The van der Waals surface area contributed by atoms with Crippen molar-refractivity contribution in [3.63, 3.8) is 0 Å². The van der Waals surface area contributed by atoms with E-state index in [0.29, 0.717) is 18.4 Å². The number of rotatable bonds is 7. The van der Waals surface area contributed by atoms with Crippen molar-refractivity contribution in [2.75, 3.05) is 51.0 Å². The lowest BCUT2D eigenvalue weighted by molar-refractivity contribution is -0.137. The predicted molar refractivity (Wildman–Crippen MR) is 169 cm³/mol. The number of hydrogen-bond acceptors (Lipinski definition) is 9. The lowest BCUT2D eigenvalue weighted by atomic mass is 9.95. The first-order valence-electron chi connectivity index (χ1n) is 15.2. The van der Waals surface area contributed by atoms with E-state index < -0.39 is 34.5 Å². The number of anilines is 2. The molecule has 4 aromatic rings. The fourth-order valence-corrected chi connectivity index (χ4v) is 7.80. The third-order valence-corrected chi connectivity index (χ3v) is 10.6. The van der Waals surface area contributed by atoms with Crippen molar-refractivity contribution in [3.8, 4) is 17.1 Å². The van der Waals surface area contributed by atoms with Gasteiger partial charge in [-0.1, -0.05) is 17.9 Å². The maximum absolute atomic E-state index is 16.8. The largest absolute Gasteiger partial charge is 0.462 e. The summed E-state index contributed by atoms with van der Waals surface area (Å²) < 4.78 is 81.8. The topological polar surface area (TPSA) is 101 Å². The summed E-state index contributed by atoms with van der Waals surface area (Å²) in [6, 6.07) is 2.39. The molecular weight excluding hydrogens is 641 g/mol. The molecule has 2 aliphatic heterocycles. The smallest absolute Gasteiger partial charge is 0.417 e. The molecule has 1 aliphatic carbocycles. The van der Waals surface area contributed by atoms with E-state index in [9.17, 15) is 22.4 Å². The van der Waals surface area contributed by atoms with Crippen molar-refractivity contribution in [2.24, 2.45) is 5.41 Å². The van der Waals surface area contributed by atoms with E-state index in [2.05, 4.69) is 26.4 Å². The Kier molecular flexibility index (Phi) is 7.54. The number of alkyl halides is 3. The molecule has 3 fully saturated rings. The molecule has 2 unspecified atom stereocenters. The van der Waals surface area contributed by atoms with Crippen molar-refractivity contribution >= 4 is 49.3 Å². The van der Waals surface area contributed by atoms with Gasteiger partial charge in [0.05, 0.1) is 15.8 Å². The highest BCUT2D eigenvalue weighted by molar-refractivity contribution is 7.22. The number of aromatic nitrogens is 3. The zero-order valence-corrected chi connectivity index (χ0v) is 26.5. The molecule has 47 heavy (non-hydrogen) atoms. The van der Waals surface area contributed by atoms with Crippen LogP contribution in [0.15, 0.2) is 30.9 Å². The van der Waals surface area contributed by atoms with Gasteiger partial charge in [-0.15, -0.1) is 0 Å². The minimum Gasteiger partial charge on any atom is -0.462 e. The zero-order chi connectivity index (χ0) is 33.4. The molecule has 1 spiro atoms. The molecule has 2 N–H and O–H groups in total. The molecule has 9 nitrogen and oxygen atoms in total. The minimum absolute atomic E-state index is 0.0273. The molecule has 2 aromatic carbocycles. The van der Waals surface area contributed by atoms with Crippen molar-refractivity contribution in [1.82, 2.24) is 24.8 Å². The standard InChI is InChI=1S/C32H32F5N7O2S/c1-4-22(45)44-10-7-16(13-44)43(3)28-19-11-20(32(35,36)37)23(18-5-6-21(33)27-26(18)39-29(38)47-27)24(34)25(19)40-30(41-28)46-14-17-12-31(8-9-31)15-42(17)2/h4-6,11,16-17H,1,7-10,12-15H2,2-3H3,(H2,38,39). The summed E-state index contributed by atoms with van der Waals surface area (Å²) in [5, 5.41) is -0.263. The summed E-state index contributed by atoms with van der Waals surface area (Å²) in [6.07, 6.45) is -0.0844. The van der Waals surface area contributed by atoms with Gasteiger partial charge in [0.15, 0.2) is 10.9 Å². The third-order valence-electron chi connectivity index (χ3n) is 9.75. The Balaban J connectivity index is 1.39. The third kappa shape index (κ3) is 5.52. The molecule has 2 atom stereocenters. The number of ether oxygens (including phenoxy) is 1. The molecular formula is C32H32F5N7O2S. The van der Waals surface area contributed by atoms with Crippen LogP contribution in [0.2, 0.25) is 0 Å². The zero-order valence-electron chi connectivity index (χ0n) is 25.7. The average Bonchev–Trinajstić information content (AvgIpc) is 3.33. The Morgan fingerprint density at radius 3 is 2.68 bits per heavy atom. The molecule has 248 valence electrons. The fraction of sp³-hybridized carbons (Fsp3) is 0.438. The van der Waals surface area contributed by atoms with E-state index in [1.807, 2.05) is 7.05 Å². The number of likely N-dealkylation sites (N-methyl/N-ethyl adjacent to an activating group) is 2. The quantitative estimate of drug-likeness (QED) is 0.192. The molecule has 1 amide bonds. The second-order valence-electron chi connectivity index (χ2n) is 12.8. The number of benzene rings is 2. The van der Waals surface area contributed by atoms with Gasteiger partial charge in [0.2, 0.25) is 5.91 Å². The summed E-state index contributed by atoms with van der Waals surface area (Å²) in [5.41, 5.74) is 3.12. The van der Waals surface area contributed by atoms with Gasteiger partial charge in [-0.3, -0.25) is 9.69 Å². The van der Waals surface area contributed by atoms with E-state index in [1.165, 1.54) is 6.08 Å². The minimum atomic E-state index is -5.02. The number of carbonyl (C=O) groups is 1. The van der Waals surface area contributed by atoms with E-state index in [0.717, 1.165) is 55.3 Å². The first-order chi connectivity index (χ1) is 22.3. The maximum Gasteiger partial charge on any atom is 0.417 e. The van der Waals surface area contributed by atoms with Gasteiger partial charge in [-0.25, -0.2) is 13.8 Å². The Bertz CT molecular complexity index is 1930. The van der Waals surface area contributed by atoms with Crippen LogP contribution in [-0.4, -0.2) is 83.1 Å². The van der Waals surface area contributed by atoms with Gasteiger partial charge >= 0.3 is 12.2 Å². The second-order valence-corrected chi connectivity index (χ2v) is 13.8. The van der Waals surface area contributed by atoms with Crippen molar-refractivity contribution in [3.05, 3.63) is 48.1 Å². The number of nitrogens with two attached hydrogens (primary N) is 1. The predicted octanol–water partition coefficient (Wildman–Crippen LogP) is 5.87. The summed E-state index contributed by atoms with van der Waals surface area (Å²) in [7, 11) is 3.65. The van der Waals surface area contributed by atoms with Crippen LogP contribution in [0.5, 0.6) is 6.01 Å². The Morgan fingerprint density at radius 1 is 1.23 bits per heavy atom. The van der Waals surface area contributed by atoms with Crippen molar-refractivity contribution in [1.29, 1.82) is 0 Å². The highest BCUT2D eigenvalue weighted by Crippen LogP contribution is 2.54. The van der Waals surface area contributed by atoms with Crippen LogP contribution >= 0.6 is 11.3 Å². The SMILES string of the molecule is C=CC(=O)N1CCC(N(C)c2nc(OCC3CC4(CC4)CN3C)nc3c(F)c(-c4ccc(F)c5sc(N)nc45)c(C(F)(F)F)cc23)C1. The first-order valence-corrected chi connectivity index (χ1v) is 16.0. The Labute approximate surface area is 270 Å². The number of thiazole rings is 1. The maximum atomic E-state index is 16.8. The van der Waals surface area contributed by atoms with Gasteiger partial charge in [0, 0.05) is 55.3 Å². The highest BCUT2D eigenvalue weighted by atomic mass is 32.1. The number of amides is 1. The molecule has 0 radical (unpaired) electrons. The van der Waals surface area contributed by atoms with E-state index in [1.54, 1.807) is 16.8 Å². The number of nitrogens with zero attached hydrogens (tertiary/aromatic N) is 6. The Hall–Kier alpha value is -4.11. The van der Waals surface area contributed by atoms with Crippen LogP contribution in [0.1, 0.15) is 31.2 Å². The van der Waals surface area contributed by atoms with Crippen molar-refractivity contribution in [2.45, 2.75) is 43.9 Å². The summed E-state index contributed by atoms with van der Waals surface area (Å²) in [4.78, 5) is 30.7. The normalized spacial score (nSPS) is 20.9. The Morgan fingerprint density at radius 2 is 2.00 bits per heavy atom. The van der Waals surface area contributed by atoms with Gasteiger partial charge < -0.3 is 20.3 Å². The van der Waals surface area contributed by atoms with E-state index in [4.69, 9.17) is 10.5 Å². The first kappa shape index (κ1) is 31.5. The lowest BCUT2D eigenvalue weighted by Gasteiger charge is -2.28. The number of hydrogen-bond donors (Lipinski definition) is 1. The number of carbonyl (C=O) groups excluding carboxylic acids is 1. The van der Waals surface area contributed by atoms with Gasteiger partial charge in [0.25, 0.3) is 0 Å². The summed E-state index contributed by atoms with van der Waals surface area (Å²) in [5.74, 6) is -2.25. The lowest BCUT2D eigenvalue weighted by Crippen LogP contribution is -2.37. The van der Waals surface area contributed by atoms with Crippen LogP contribution in [0.3, 0.4) is 0 Å². The van der Waals surface area contributed by atoms with Crippen LogP contribution in [0.4, 0.5) is 32.9 Å². The molecule has 1 saturated carbocycles. The molecule has 3 aliphatic rings. The summed E-state index contributed by atoms with van der Waals surface area (Å²) in [6.45, 7) is 5.37. The number of likely N-dealkylation sites (tertiary alicyclic amines) is 2.